The number of benzene rings is 2. The minimum atomic E-state index is 0.613. The summed E-state index contributed by atoms with van der Waals surface area (Å²) in [4.78, 5) is 0. The van der Waals surface area contributed by atoms with Crippen LogP contribution in [0.1, 0.15) is 37.7 Å². The number of hydrogen-bond acceptors (Lipinski definition) is 2. The summed E-state index contributed by atoms with van der Waals surface area (Å²) >= 11 is 0. The standard InChI is InChI=1S/C21H25N3/c1-2-4-16(5-3-1)6-7-17-8-10-19(11-9-17)23-20-12-13-21-18(14-20)15-22-24-21/h1-5,12-15,17,19,23H,6-11H2,(H,22,24)/t17-,19+. The van der Waals surface area contributed by atoms with Crippen molar-refractivity contribution in [2.45, 2.75) is 44.6 Å². The highest BCUT2D eigenvalue weighted by Crippen LogP contribution is 2.30. The van der Waals surface area contributed by atoms with Gasteiger partial charge in [-0.25, -0.2) is 0 Å². The van der Waals surface area contributed by atoms with Crippen LogP contribution in [0.3, 0.4) is 0 Å². The number of hydrogen-bond donors (Lipinski definition) is 2. The molecule has 2 aromatic carbocycles. The van der Waals surface area contributed by atoms with Crippen molar-refractivity contribution in [3.05, 3.63) is 60.3 Å². The monoisotopic (exact) mass is 319 g/mol. The Morgan fingerprint density at radius 2 is 1.83 bits per heavy atom. The van der Waals surface area contributed by atoms with Crippen molar-refractivity contribution >= 4 is 16.6 Å². The van der Waals surface area contributed by atoms with Crippen molar-refractivity contribution in [2.75, 3.05) is 5.32 Å². The first-order valence-corrected chi connectivity index (χ1v) is 9.10. The van der Waals surface area contributed by atoms with Gasteiger partial charge in [0.25, 0.3) is 0 Å². The minimum Gasteiger partial charge on any atom is -0.382 e. The van der Waals surface area contributed by atoms with Crippen molar-refractivity contribution in [3.8, 4) is 0 Å². The number of aromatic nitrogens is 2. The summed E-state index contributed by atoms with van der Waals surface area (Å²) in [6.45, 7) is 0. The molecule has 0 radical (unpaired) electrons. The van der Waals surface area contributed by atoms with Crippen LogP contribution in [-0.2, 0) is 6.42 Å². The quantitative estimate of drug-likeness (QED) is 0.681. The average molecular weight is 319 g/mol. The summed E-state index contributed by atoms with van der Waals surface area (Å²) < 4.78 is 0. The van der Waals surface area contributed by atoms with Gasteiger partial charge in [-0.15, -0.1) is 0 Å². The Kier molecular flexibility index (Phi) is 4.50. The molecule has 4 rings (SSSR count). The van der Waals surface area contributed by atoms with Gasteiger partial charge in [0.15, 0.2) is 0 Å². The van der Waals surface area contributed by atoms with Gasteiger partial charge in [0.1, 0.15) is 0 Å². The lowest BCUT2D eigenvalue weighted by atomic mass is 9.82. The lowest BCUT2D eigenvalue weighted by Gasteiger charge is -2.30. The third-order valence-corrected chi connectivity index (χ3v) is 5.34. The summed E-state index contributed by atoms with van der Waals surface area (Å²) in [5, 5.41) is 12.0. The Bertz CT molecular complexity index is 770. The highest BCUT2D eigenvalue weighted by atomic mass is 15.1. The van der Waals surface area contributed by atoms with Gasteiger partial charge in [0.2, 0.25) is 0 Å². The largest absolute Gasteiger partial charge is 0.382 e. The molecule has 3 heteroatoms. The van der Waals surface area contributed by atoms with Crippen LogP contribution >= 0.6 is 0 Å². The van der Waals surface area contributed by atoms with Crippen molar-refractivity contribution in [1.29, 1.82) is 0 Å². The fraction of sp³-hybridized carbons (Fsp3) is 0.381. The molecule has 0 aliphatic heterocycles. The lowest BCUT2D eigenvalue weighted by molar-refractivity contribution is 0.321. The summed E-state index contributed by atoms with van der Waals surface area (Å²) in [5.74, 6) is 0.889. The van der Waals surface area contributed by atoms with Crippen molar-refractivity contribution in [3.63, 3.8) is 0 Å². The predicted molar refractivity (Wildman–Crippen MR) is 100 cm³/mol. The van der Waals surface area contributed by atoms with Crippen LogP contribution in [0.5, 0.6) is 0 Å². The van der Waals surface area contributed by atoms with Crippen LogP contribution in [0.15, 0.2) is 54.7 Å². The Hall–Kier alpha value is -2.29. The van der Waals surface area contributed by atoms with Crippen molar-refractivity contribution in [2.24, 2.45) is 5.92 Å². The van der Waals surface area contributed by atoms with E-state index in [1.807, 2.05) is 6.20 Å². The van der Waals surface area contributed by atoms with Gasteiger partial charge in [0.05, 0.1) is 11.7 Å². The summed E-state index contributed by atoms with van der Waals surface area (Å²) in [6.07, 6.45) is 9.70. The van der Waals surface area contributed by atoms with E-state index in [-0.39, 0.29) is 0 Å². The first-order chi connectivity index (χ1) is 11.9. The van der Waals surface area contributed by atoms with E-state index in [9.17, 15) is 0 Å². The molecular weight excluding hydrogens is 294 g/mol. The molecule has 1 aromatic heterocycles. The number of nitrogens with zero attached hydrogens (tertiary/aromatic N) is 1. The molecule has 2 N–H and O–H groups in total. The molecule has 124 valence electrons. The van der Waals surface area contributed by atoms with E-state index in [0.29, 0.717) is 6.04 Å². The number of H-pyrrole nitrogens is 1. The first kappa shape index (κ1) is 15.3. The van der Waals surface area contributed by atoms with Crippen LogP contribution in [0.25, 0.3) is 10.9 Å². The van der Waals surface area contributed by atoms with Crippen LogP contribution < -0.4 is 5.32 Å². The Morgan fingerprint density at radius 1 is 1.00 bits per heavy atom. The second-order valence-electron chi connectivity index (χ2n) is 7.06. The van der Waals surface area contributed by atoms with Gasteiger partial charge < -0.3 is 5.32 Å². The maximum Gasteiger partial charge on any atom is 0.0651 e. The zero-order chi connectivity index (χ0) is 16.2. The number of aryl methyl sites for hydroxylation is 1. The van der Waals surface area contributed by atoms with Crippen LogP contribution in [0, 0.1) is 5.92 Å². The molecule has 0 saturated heterocycles. The number of anilines is 1. The maximum atomic E-state index is 4.09. The van der Waals surface area contributed by atoms with Gasteiger partial charge >= 0.3 is 0 Å². The average Bonchev–Trinajstić information content (AvgIpc) is 3.10. The second kappa shape index (κ2) is 7.08. The molecule has 1 fully saturated rings. The Morgan fingerprint density at radius 3 is 2.67 bits per heavy atom. The van der Waals surface area contributed by atoms with Gasteiger partial charge in [0, 0.05) is 17.1 Å². The fourth-order valence-electron chi connectivity index (χ4n) is 3.88. The molecule has 1 saturated carbocycles. The van der Waals surface area contributed by atoms with Crippen LogP contribution in [0.4, 0.5) is 5.69 Å². The number of nitrogens with one attached hydrogen (secondary N) is 2. The molecule has 1 heterocycles. The third-order valence-electron chi connectivity index (χ3n) is 5.34. The minimum absolute atomic E-state index is 0.613. The van der Waals surface area contributed by atoms with E-state index >= 15 is 0 Å². The molecule has 0 unspecified atom stereocenters. The highest BCUT2D eigenvalue weighted by molar-refractivity contribution is 5.81. The van der Waals surface area contributed by atoms with Crippen molar-refractivity contribution < 1.29 is 0 Å². The van der Waals surface area contributed by atoms with Gasteiger partial charge in [-0.05, 0) is 68.2 Å². The molecule has 3 aromatic rings. The first-order valence-electron chi connectivity index (χ1n) is 9.10. The van der Waals surface area contributed by atoms with E-state index in [4.69, 9.17) is 0 Å². The van der Waals surface area contributed by atoms with Gasteiger partial charge in [-0.2, -0.15) is 5.10 Å². The Balaban J connectivity index is 1.26. The molecule has 3 nitrogen and oxygen atoms in total. The number of aromatic amines is 1. The van der Waals surface area contributed by atoms with Gasteiger partial charge in [-0.1, -0.05) is 30.3 Å². The highest BCUT2D eigenvalue weighted by Gasteiger charge is 2.21. The zero-order valence-electron chi connectivity index (χ0n) is 14.0. The smallest absolute Gasteiger partial charge is 0.0651 e. The maximum absolute atomic E-state index is 4.09. The van der Waals surface area contributed by atoms with E-state index in [1.165, 1.54) is 55.2 Å². The lowest BCUT2D eigenvalue weighted by Crippen LogP contribution is -2.26. The van der Waals surface area contributed by atoms with Crippen molar-refractivity contribution in [1.82, 2.24) is 10.2 Å². The summed E-state index contributed by atoms with van der Waals surface area (Å²) in [5.41, 5.74) is 3.80. The third kappa shape index (κ3) is 3.61. The molecule has 1 aliphatic carbocycles. The SMILES string of the molecule is c1ccc(CC[C@H]2CC[C@@H](Nc3ccc4[nH]ncc4c3)CC2)cc1. The van der Waals surface area contributed by atoms with E-state index < -0.39 is 0 Å². The van der Waals surface area contributed by atoms with E-state index in [0.717, 1.165) is 11.4 Å². The molecule has 1 aliphatic rings. The fourth-order valence-corrected chi connectivity index (χ4v) is 3.88. The zero-order valence-corrected chi connectivity index (χ0v) is 14.0. The molecule has 0 spiro atoms. The summed E-state index contributed by atoms with van der Waals surface area (Å²) in [7, 11) is 0. The normalized spacial score (nSPS) is 21.0. The van der Waals surface area contributed by atoms with E-state index in [2.05, 4.69) is 64.0 Å². The molecule has 24 heavy (non-hydrogen) atoms. The second-order valence-corrected chi connectivity index (χ2v) is 7.06. The molecule has 0 atom stereocenters. The summed E-state index contributed by atoms with van der Waals surface area (Å²) in [6, 6.07) is 18.0. The molecular formula is C21H25N3. The number of rotatable bonds is 5. The molecule has 0 amide bonds. The molecule has 0 bridgehead atoms. The van der Waals surface area contributed by atoms with Crippen LogP contribution in [0.2, 0.25) is 0 Å². The predicted octanol–water partition coefficient (Wildman–Crippen LogP) is 5.17. The number of fused-ring (bicyclic) bond motifs is 1. The topological polar surface area (TPSA) is 40.7 Å². The van der Waals surface area contributed by atoms with Gasteiger partial charge in [-0.3, -0.25) is 5.10 Å². The van der Waals surface area contributed by atoms with Crippen LogP contribution in [-0.4, -0.2) is 16.2 Å². The Labute approximate surface area is 143 Å². The van der Waals surface area contributed by atoms with E-state index in [1.54, 1.807) is 0 Å².